The Morgan fingerprint density at radius 3 is 2.46 bits per heavy atom. The molecule has 0 spiro atoms. The van der Waals surface area contributed by atoms with Crippen LogP contribution in [0.3, 0.4) is 0 Å². The normalized spacial score (nSPS) is 13.8. The fourth-order valence-corrected chi connectivity index (χ4v) is 3.94. The molecular weight excluding hydrogens is 557 g/mol. The third-order valence-corrected chi connectivity index (χ3v) is 6.12. The molecule has 3 rings (SSSR count). The Labute approximate surface area is 246 Å². The summed E-state index contributed by atoms with van der Waals surface area (Å²) >= 11 is 6.08. The summed E-state index contributed by atoms with van der Waals surface area (Å²) in [5.41, 5.74) is 6.46. The number of benzene rings is 1. The lowest BCUT2D eigenvalue weighted by Crippen LogP contribution is -2.42. The zero-order valence-corrected chi connectivity index (χ0v) is 25.7. The van der Waals surface area contributed by atoms with Gasteiger partial charge in [-0.25, -0.2) is 15.0 Å². The molecular formula is C29H42ClF3N6O2. The Morgan fingerprint density at radius 1 is 1.24 bits per heavy atom. The van der Waals surface area contributed by atoms with Gasteiger partial charge in [0.15, 0.2) is 5.90 Å². The van der Waals surface area contributed by atoms with Crippen LogP contribution < -0.4 is 11.1 Å². The predicted molar refractivity (Wildman–Crippen MR) is 160 cm³/mol. The molecule has 1 aliphatic rings. The third-order valence-electron chi connectivity index (χ3n) is 5.95. The first-order valence-electron chi connectivity index (χ1n) is 13.7. The van der Waals surface area contributed by atoms with Gasteiger partial charge in [-0.1, -0.05) is 46.6 Å². The number of aliphatic imine (C=N–C) groups is 1. The van der Waals surface area contributed by atoms with E-state index in [2.05, 4.69) is 34.1 Å². The largest absolute Gasteiger partial charge is 0.483 e. The fourth-order valence-electron chi connectivity index (χ4n) is 3.76. The van der Waals surface area contributed by atoms with Gasteiger partial charge in [-0.3, -0.25) is 4.79 Å². The van der Waals surface area contributed by atoms with Crippen LogP contribution in [0.1, 0.15) is 76.8 Å². The van der Waals surface area contributed by atoms with E-state index < -0.39 is 17.7 Å². The number of anilines is 2. The highest BCUT2D eigenvalue weighted by Gasteiger charge is 2.32. The number of carbonyl (C=O) groups excluding carboxylic acids is 1. The highest BCUT2D eigenvalue weighted by atomic mass is 35.5. The second-order valence-corrected chi connectivity index (χ2v) is 9.30. The van der Waals surface area contributed by atoms with E-state index in [9.17, 15) is 18.0 Å². The maximum atomic E-state index is 13.2. The number of carbonyl (C=O) groups is 1. The lowest BCUT2D eigenvalue weighted by molar-refractivity contribution is -0.137. The number of halogens is 4. The van der Waals surface area contributed by atoms with Gasteiger partial charge in [-0.05, 0) is 49.2 Å². The van der Waals surface area contributed by atoms with E-state index in [0.29, 0.717) is 35.6 Å². The number of amides is 1. The maximum absolute atomic E-state index is 13.2. The molecule has 0 radical (unpaired) electrons. The van der Waals surface area contributed by atoms with Gasteiger partial charge in [-0.15, -0.1) is 0 Å². The Morgan fingerprint density at radius 2 is 1.90 bits per heavy atom. The van der Waals surface area contributed by atoms with Crippen molar-refractivity contribution in [2.75, 3.05) is 24.7 Å². The smallest absolute Gasteiger partial charge is 0.416 e. The average Bonchev–Trinajstić information content (AvgIpc) is 2.96. The first kappa shape index (κ1) is 35.7. The molecule has 1 unspecified atom stereocenters. The number of unbranched alkanes of at least 4 members (excludes halogenated alkanes) is 1. The van der Waals surface area contributed by atoms with Crippen molar-refractivity contribution in [3.05, 3.63) is 58.1 Å². The van der Waals surface area contributed by atoms with Crippen molar-refractivity contribution in [2.24, 2.45) is 10.9 Å². The zero-order chi connectivity index (χ0) is 31.2. The molecule has 2 heterocycles. The average molecular weight is 599 g/mol. The number of allylic oxidation sites excluding steroid dienone is 1. The SMILES string of the molecule is C/C=C\N=C(OC)C(C)C(=O)N1CCc2nc(Cl)nc(NCc3cc(N)cc(C(F)(F)F)c3)c2C1.CC.CCCC. The lowest BCUT2D eigenvalue weighted by Gasteiger charge is -2.31. The second kappa shape index (κ2) is 17.5. The molecule has 0 saturated heterocycles. The summed E-state index contributed by atoms with van der Waals surface area (Å²) in [4.78, 5) is 27.4. The van der Waals surface area contributed by atoms with E-state index in [1.165, 1.54) is 26.0 Å². The van der Waals surface area contributed by atoms with Crippen molar-refractivity contribution in [1.82, 2.24) is 14.9 Å². The van der Waals surface area contributed by atoms with E-state index in [1.54, 1.807) is 31.0 Å². The number of hydrogen-bond donors (Lipinski definition) is 2. The lowest BCUT2D eigenvalue weighted by atomic mass is 10.0. The van der Waals surface area contributed by atoms with Crippen LogP contribution in [-0.4, -0.2) is 40.3 Å². The number of nitrogen functional groups attached to an aromatic ring is 1. The van der Waals surface area contributed by atoms with Gasteiger partial charge in [0.2, 0.25) is 11.2 Å². The van der Waals surface area contributed by atoms with Crippen molar-refractivity contribution in [1.29, 1.82) is 0 Å². The van der Waals surface area contributed by atoms with Gasteiger partial charge >= 0.3 is 6.18 Å². The van der Waals surface area contributed by atoms with Crippen LogP contribution in [0, 0.1) is 5.92 Å². The molecule has 0 saturated carbocycles. The van der Waals surface area contributed by atoms with Gasteiger partial charge < -0.3 is 20.7 Å². The minimum Gasteiger partial charge on any atom is -0.483 e. The van der Waals surface area contributed by atoms with Crippen molar-refractivity contribution in [3.63, 3.8) is 0 Å². The number of hydrogen-bond acceptors (Lipinski definition) is 7. The third kappa shape index (κ3) is 10.9. The summed E-state index contributed by atoms with van der Waals surface area (Å²) in [5.74, 6) is -0.176. The number of rotatable bonds is 7. The molecule has 2 aromatic rings. The maximum Gasteiger partial charge on any atom is 0.416 e. The van der Waals surface area contributed by atoms with Crippen LogP contribution >= 0.6 is 11.6 Å². The van der Waals surface area contributed by atoms with E-state index in [4.69, 9.17) is 22.1 Å². The summed E-state index contributed by atoms with van der Waals surface area (Å²) in [6, 6.07) is 3.35. The molecule has 12 heteroatoms. The van der Waals surface area contributed by atoms with Crippen LogP contribution in [0.4, 0.5) is 24.7 Å². The van der Waals surface area contributed by atoms with Crippen LogP contribution in [0.5, 0.6) is 0 Å². The van der Waals surface area contributed by atoms with Crippen molar-refractivity contribution < 1.29 is 22.7 Å². The van der Waals surface area contributed by atoms with Crippen LogP contribution in [0.25, 0.3) is 0 Å². The monoisotopic (exact) mass is 598 g/mol. The van der Waals surface area contributed by atoms with E-state index in [1.807, 2.05) is 13.8 Å². The van der Waals surface area contributed by atoms with E-state index in [-0.39, 0.29) is 35.9 Å². The first-order valence-corrected chi connectivity index (χ1v) is 14.1. The number of ether oxygens (including phenoxy) is 1. The molecule has 1 aromatic heterocycles. The number of methoxy groups -OCH3 is 1. The Kier molecular flexibility index (Phi) is 15.2. The Balaban J connectivity index is 0.00000129. The van der Waals surface area contributed by atoms with Gasteiger partial charge in [0.25, 0.3) is 0 Å². The highest BCUT2D eigenvalue weighted by molar-refractivity contribution is 6.28. The Bertz CT molecular complexity index is 1190. The quantitative estimate of drug-likeness (QED) is 0.150. The predicted octanol–water partition coefficient (Wildman–Crippen LogP) is 7.28. The van der Waals surface area contributed by atoms with E-state index >= 15 is 0 Å². The van der Waals surface area contributed by atoms with Crippen LogP contribution in [0.15, 0.2) is 35.5 Å². The topological polar surface area (TPSA) is 106 Å². The van der Waals surface area contributed by atoms with E-state index in [0.717, 1.165) is 12.1 Å². The highest BCUT2D eigenvalue weighted by Crippen LogP contribution is 2.32. The summed E-state index contributed by atoms with van der Waals surface area (Å²) in [7, 11) is 1.45. The summed E-state index contributed by atoms with van der Waals surface area (Å²) in [6.45, 7) is 12.5. The molecule has 1 amide bonds. The summed E-state index contributed by atoms with van der Waals surface area (Å²) < 4.78 is 44.7. The molecule has 1 atom stereocenters. The molecule has 0 fully saturated rings. The van der Waals surface area contributed by atoms with Crippen molar-refractivity contribution in [3.8, 4) is 0 Å². The number of fused-ring (bicyclic) bond motifs is 1. The molecule has 0 aliphatic carbocycles. The molecule has 1 aliphatic heterocycles. The molecule has 8 nitrogen and oxygen atoms in total. The van der Waals surface area contributed by atoms with Crippen molar-refractivity contribution in [2.45, 2.75) is 80.1 Å². The standard InChI is InChI=1S/C23H26ClF3N6O2.C4H10.C2H6/c1-4-6-29-20(35-3)13(2)21(34)33-7-5-18-17(12-33)19(32-22(24)31-18)30-11-14-8-15(23(25,26)27)10-16(28)9-14;1-3-4-2;1-2/h4,6,8-10,13H,5,7,11-12,28H2,1-3H3,(H,30,31,32);3-4H2,1-2H3;1-2H3/b6-4-,29-20?;;. The number of nitrogens with zero attached hydrogens (tertiary/aromatic N) is 4. The van der Waals surface area contributed by atoms with Crippen LogP contribution in [0.2, 0.25) is 5.28 Å². The van der Waals surface area contributed by atoms with Gasteiger partial charge in [0.1, 0.15) is 11.7 Å². The molecule has 1 aromatic carbocycles. The first-order chi connectivity index (χ1) is 19.4. The molecule has 41 heavy (non-hydrogen) atoms. The number of alkyl halides is 3. The molecule has 0 bridgehead atoms. The number of nitrogens with one attached hydrogen (secondary N) is 1. The fraction of sp³-hybridized carbons (Fsp3) is 0.517. The number of nitrogens with two attached hydrogens (primary N) is 1. The minimum atomic E-state index is -4.52. The van der Waals surface area contributed by atoms with Crippen LogP contribution in [-0.2, 0) is 35.2 Å². The second-order valence-electron chi connectivity index (χ2n) is 8.97. The molecule has 3 N–H and O–H groups in total. The van der Waals surface area contributed by atoms with Gasteiger partial charge in [0, 0.05) is 37.0 Å². The zero-order valence-electron chi connectivity index (χ0n) is 24.9. The summed E-state index contributed by atoms with van der Waals surface area (Å²) in [6.07, 6.45) is 1.84. The van der Waals surface area contributed by atoms with Gasteiger partial charge in [0.05, 0.1) is 24.9 Å². The minimum absolute atomic E-state index is 0.00124. The summed E-state index contributed by atoms with van der Waals surface area (Å²) in [5, 5.41) is 3.04. The molecule has 228 valence electrons. The Hall–Kier alpha value is -3.34. The van der Waals surface area contributed by atoms with Gasteiger partial charge in [-0.2, -0.15) is 13.2 Å². The van der Waals surface area contributed by atoms with Crippen molar-refractivity contribution >= 4 is 34.9 Å². The number of aromatic nitrogens is 2.